The molecule has 2 rings (SSSR count). The van der Waals surface area contributed by atoms with Crippen LogP contribution >= 0.6 is 0 Å². The highest BCUT2D eigenvalue weighted by atomic mass is 14.7. The molecule has 0 saturated heterocycles. The number of hydrogen-bond donors (Lipinski definition) is 0. The molecule has 0 aliphatic rings. The Labute approximate surface area is 166 Å². The van der Waals surface area contributed by atoms with Crippen LogP contribution in [0.4, 0.5) is 0 Å². The zero-order valence-corrected chi connectivity index (χ0v) is 17.6. The average molecular weight is 362 g/mol. The van der Waals surface area contributed by atoms with E-state index in [1.54, 1.807) is 0 Å². The van der Waals surface area contributed by atoms with Crippen molar-refractivity contribution >= 4 is 0 Å². The third-order valence-corrected chi connectivity index (χ3v) is 3.34. The molecule has 0 spiro atoms. The van der Waals surface area contributed by atoms with Gasteiger partial charge in [-0.1, -0.05) is 106 Å². The van der Waals surface area contributed by atoms with Gasteiger partial charge in [-0.05, 0) is 42.9 Å². The summed E-state index contributed by atoms with van der Waals surface area (Å²) < 4.78 is 0. The van der Waals surface area contributed by atoms with Crippen molar-refractivity contribution in [2.24, 2.45) is 0 Å². The molecule has 0 fully saturated rings. The summed E-state index contributed by atoms with van der Waals surface area (Å²) in [6.45, 7) is 20.9. The lowest BCUT2D eigenvalue weighted by Crippen LogP contribution is -1.88. The first-order valence-corrected chi connectivity index (χ1v) is 9.39. The van der Waals surface area contributed by atoms with Gasteiger partial charge in [-0.25, -0.2) is 0 Å². The molecule has 0 N–H and O–H groups in total. The third-order valence-electron chi connectivity index (χ3n) is 3.34. The fourth-order valence-corrected chi connectivity index (χ4v) is 1.77. The smallest absolute Gasteiger partial charge is 0.0372 e. The zero-order chi connectivity index (χ0) is 19.1. The molecule has 0 amide bonds. The van der Waals surface area contributed by atoms with Gasteiger partial charge in [0.2, 0.25) is 0 Å². The Bertz CT molecular complexity index is 443. The first-order chi connectivity index (χ1) is 11.4. The minimum Gasteiger partial charge on any atom is -0.261 e. The lowest BCUT2D eigenvalue weighted by atomic mass is 10.0. The molecule has 0 unspecified atom stereocenters. The molecule has 152 valence electrons. The van der Waals surface area contributed by atoms with Gasteiger partial charge in [0.1, 0.15) is 0 Å². The van der Waals surface area contributed by atoms with Gasteiger partial charge in [-0.15, -0.1) is 0 Å². The van der Waals surface area contributed by atoms with Gasteiger partial charge in [0.25, 0.3) is 0 Å². The zero-order valence-electron chi connectivity index (χ0n) is 17.6. The van der Waals surface area contributed by atoms with E-state index < -0.39 is 0 Å². The van der Waals surface area contributed by atoms with E-state index in [2.05, 4.69) is 76.0 Å². The van der Waals surface area contributed by atoms with Gasteiger partial charge in [0.05, 0.1) is 0 Å². The van der Waals surface area contributed by atoms with E-state index >= 15 is 0 Å². The van der Waals surface area contributed by atoms with Gasteiger partial charge in [-0.2, -0.15) is 0 Å². The van der Waals surface area contributed by atoms with Crippen LogP contribution in [0.3, 0.4) is 0 Å². The number of pyridine rings is 1. The molecular weight excluding hydrogens is 314 g/mol. The molecule has 0 bridgehead atoms. The molecule has 2 aromatic rings. The first kappa shape index (κ1) is 32.1. The standard InChI is InChI=1S/C10H14.C9H13N.2C2H6.2CH4/c1-8(2)10-6-4-9(3)5-7-10;1-7(2)9-5-4-8(3)10-6-9;2*1-2;;/h4-8H,1-3H3;4-7H,1-3H3;2*1-2H3;2*1H4. The fourth-order valence-electron chi connectivity index (χ4n) is 1.77. The second-order valence-electron chi connectivity index (χ2n) is 5.95. The van der Waals surface area contributed by atoms with Crippen LogP contribution in [0.15, 0.2) is 42.6 Å². The van der Waals surface area contributed by atoms with Crippen LogP contribution < -0.4 is 0 Å². The summed E-state index contributed by atoms with van der Waals surface area (Å²) in [6, 6.07) is 12.9. The summed E-state index contributed by atoms with van der Waals surface area (Å²) in [5, 5.41) is 0. The van der Waals surface area contributed by atoms with Gasteiger partial charge >= 0.3 is 0 Å². The van der Waals surface area contributed by atoms with Crippen molar-refractivity contribution in [2.75, 3.05) is 0 Å². The van der Waals surface area contributed by atoms with Gasteiger partial charge in [0, 0.05) is 11.9 Å². The van der Waals surface area contributed by atoms with Crippen molar-refractivity contribution < 1.29 is 0 Å². The average Bonchev–Trinajstić information content (AvgIpc) is 2.60. The highest BCUT2D eigenvalue weighted by molar-refractivity contribution is 5.23. The lowest BCUT2D eigenvalue weighted by molar-refractivity contribution is 0.855. The molecule has 1 nitrogen and oxygen atoms in total. The Morgan fingerprint density at radius 2 is 1.00 bits per heavy atom. The minimum absolute atomic E-state index is 0. The van der Waals surface area contributed by atoms with Crippen molar-refractivity contribution in [3.05, 3.63) is 65.0 Å². The molecule has 0 atom stereocenters. The Morgan fingerprint density at radius 3 is 1.31 bits per heavy atom. The van der Waals surface area contributed by atoms with Crippen LogP contribution in [-0.4, -0.2) is 4.98 Å². The Kier molecular flexibility index (Phi) is 24.3. The van der Waals surface area contributed by atoms with E-state index in [1.165, 1.54) is 16.7 Å². The lowest BCUT2D eigenvalue weighted by Gasteiger charge is -2.03. The third kappa shape index (κ3) is 14.7. The largest absolute Gasteiger partial charge is 0.261 e. The predicted molar refractivity (Wildman–Crippen MR) is 124 cm³/mol. The summed E-state index contributed by atoms with van der Waals surface area (Å²) in [5.74, 6) is 1.24. The van der Waals surface area contributed by atoms with Gasteiger partial charge in [-0.3, -0.25) is 4.98 Å². The summed E-state index contributed by atoms with van der Waals surface area (Å²) in [5.41, 5.74) is 5.16. The Balaban J connectivity index is -0.000000147. The number of nitrogens with zero attached hydrogens (tertiary/aromatic N) is 1. The molecular formula is C25H47N. The molecule has 0 saturated carbocycles. The molecule has 0 aliphatic carbocycles. The predicted octanol–water partition coefficient (Wildman–Crippen LogP) is 8.96. The van der Waals surface area contributed by atoms with Crippen molar-refractivity contribution in [2.45, 2.75) is 95.9 Å². The molecule has 0 aliphatic heterocycles. The van der Waals surface area contributed by atoms with Crippen molar-refractivity contribution in [3.63, 3.8) is 0 Å². The maximum atomic E-state index is 4.20. The Hall–Kier alpha value is -1.63. The molecule has 1 heteroatoms. The van der Waals surface area contributed by atoms with Crippen LogP contribution in [0.25, 0.3) is 0 Å². The van der Waals surface area contributed by atoms with Gasteiger partial charge in [0.15, 0.2) is 0 Å². The SMILES string of the molecule is C.C.CC.CC.Cc1ccc(C(C)C)cc1.Cc1ccc(C(C)C)cn1. The number of aryl methyl sites for hydroxylation is 2. The second kappa shape index (κ2) is 19.7. The van der Waals surface area contributed by atoms with Crippen molar-refractivity contribution in [1.82, 2.24) is 4.98 Å². The normalized spacial score (nSPS) is 8.46. The molecule has 1 aromatic heterocycles. The summed E-state index contributed by atoms with van der Waals surface area (Å²) in [6.07, 6.45) is 1.94. The van der Waals surface area contributed by atoms with Gasteiger partial charge < -0.3 is 0 Å². The number of aromatic nitrogens is 1. The first-order valence-electron chi connectivity index (χ1n) is 9.39. The monoisotopic (exact) mass is 361 g/mol. The highest BCUT2D eigenvalue weighted by Crippen LogP contribution is 2.13. The summed E-state index contributed by atoms with van der Waals surface area (Å²) in [7, 11) is 0. The Morgan fingerprint density at radius 1 is 0.615 bits per heavy atom. The summed E-state index contributed by atoms with van der Waals surface area (Å²) in [4.78, 5) is 4.20. The van der Waals surface area contributed by atoms with Crippen LogP contribution in [0.5, 0.6) is 0 Å². The maximum Gasteiger partial charge on any atom is 0.0372 e. The van der Waals surface area contributed by atoms with Crippen molar-refractivity contribution in [1.29, 1.82) is 0 Å². The van der Waals surface area contributed by atoms with E-state index in [0.717, 1.165) is 5.69 Å². The number of rotatable bonds is 2. The topological polar surface area (TPSA) is 12.9 Å². The minimum atomic E-state index is 0. The highest BCUT2D eigenvalue weighted by Gasteiger charge is 1.96. The van der Waals surface area contributed by atoms with E-state index in [4.69, 9.17) is 0 Å². The van der Waals surface area contributed by atoms with Crippen LogP contribution in [-0.2, 0) is 0 Å². The van der Waals surface area contributed by atoms with E-state index in [0.29, 0.717) is 11.8 Å². The molecule has 0 radical (unpaired) electrons. The quantitative estimate of drug-likeness (QED) is 0.520. The van der Waals surface area contributed by atoms with Crippen LogP contribution in [0, 0.1) is 13.8 Å². The van der Waals surface area contributed by atoms with E-state index in [-0.39, 0.29) is 14.9 Å². The van der Waals surface area contributed by atoms with E-state index in [9.17, 15) is 0 Å². The molecule has 1 aromatic carbocycles. The van der Waals surface area contributed by atoms with Crippen LogP contribution in [0.1, 0.15) is 104 Å². The maximum absolute atomic E-state index is 4.20. The summed E-state index contributed by atoms with van der Waals surface area (Å²) >= 11 is 0. The molecule has 26 heavy (non-hydrogen) atoms. The number of benzene rings is 1. The number of hydrogen-bond acceptors (Lipinski definition) is 1. The second-order valence-corrected chi connectivity index (χ2v) is 5.95. The van der Waals surface area contributed by atoms with Crippen LogP contribution in [0.2, 0.25) is 0 Å². The molecule has 1 heterocycles. The van der Waals surface area contributed by atoms with E-state index in [1.807, 2.05) is 40.8 Å². The fraction of sp³-hybridized carbons (Fsp3) is 0.560. The van der Waals surface area contributed by atoms with Crippen molar-refractivity contribution in [3.8, 4) is 0 Å².